The summed E-state index contributed by atoms with van der Waals surface area (Å²) < 4.78 is 0. The predicted molar refractivity (Wildman–Crippen MR) is 74.6 cm³/mol. The summed E-state index contributed by atoms with van der Waals surface area (Å²) in [6.07, 6.45) is 14.3. The normalized spacial score (nSPS) is 13.0. The van der Waals surface area contributed by atoms with E-state index < -0.39 is 11.9 Å². The largest absolute Gasteiger partial charge is 0.481 e. The Hall–Kier alpha value is -0.830. The van der Waals surface area contributed by atoms with Crippen LogP contribution in [0.4, 0.5) is 0 Å². The van der Waals surface area contributed by atoms with Crippen LogP contribution in [0.2, 0.25) is 0 Å². The highest BCUT2D eigenvalue weighted by molar-refractivity contribution is 5.70. The molecule has 0 rings (SSSR count). The highest BCUT2D eigenvalue weighted by atomic mass is 16.4. The Labute approximate surface area is 111 Å². The molecule has 0 bridgehead atoms. The third-order valence-electron chi connectivity index (χ3n) is 3.14. The highest BCUT2D eigenvalue weighted by Gasteiger charge is 2.14. The maximum Gasteiger partial charge on any atom is 0.308 e. The molecule has 0 aliphatic carbocycles. The first-order valence-electron chi connectivity index (χ1n) is 7.21. The Morgan fingerprint density at radius 3 is 2.28 bits per heavy atom. The topological polar surface area (TPSA) is 57.5 Å². The average molecular weight is 256 g/mol. The van der Waals surface area contributed by atoms with Gasteiger partial charge in [0.1, 0.15) is 0 Å². The van der Waals surface area contributed by atoms with E-state index in [1.165, 1.54) is 38.5 Å². The number of aliphatic carboxylic acids is 1. The minimum absolute atomic E-state index is 0.263. The first kappa shape index (κ1) is 17.2. The molecule has 0 aromatic heterocycles. The molecule has 0 saturated heterocycles. The zero-order chi connectivity index (χ0) is 13.6. The number of rotatable bonds is 12. The number of allylic oxidation sites excluding steroid dienone is 2. The molecule has 0 heterocycles. The zero-order valence-corrected chi connectivity index (χ0v) is 11.6. The highest BCUT2D eigenvalue weighted by Crippen LogP contribution is 2.09. The van der Waals surface area contributed by atoms with Crippen LogP contribution >= 0.6 is 0 Å². The van der Waals surface area contributed by atoms with Gasteiger partial charge in [0, 0.05) is 0 Å². The fraction of sp³-hybridized carbons (Fsp3) is 0.800. The van der Waals surface area contributed by atoms with Gasteiger partial charge in [-0.25, -0.2) is 0 Å². The smallest absolute Gasteiger partial charge is 0.308 e. The lowest BCUT2D eigenvalue weighted by Crippen LogP contribution is -2.17. The number of hydrogen-bond donors (Lipinski definition) is 2. The molecule has 1 atom stereocenters. The van der Waals surface area contributed by atoms with Crippen molar-refractivity contribution in [2.24, 2.45) is 5.92 Å². The lowest BCUT2D eigenvalue weighted by atomic mass is 10.0. The molecule has 18 heavy (non-hydrogen) atoms. The summed E-state index contributed by atoms with van der Waals surface area (Å²) in [6.45, 7) is 1.96. The quantitative estimate of drug-likeness (QED) is 0.413. The van der Waals surface area contributed by atoms with E-state index in [0.717, 1.165) is 12.8 Å². The van der Waals surface area contributed by atoms with Gasteiger partial charge in [0.15, 0.2) is 0 Å². The van der Waals surface area contributed by atoms with Gasteiger partial charge < -0.3 is 10.2 Å². The number of carbonyl (C=O) groups is 1. The van der Waals surface area contributed by atoms with Gasteiger partial charge in [0.25, 0.3) is 0 Å². The Bertz CT molecular complexity index is 224. The molecule has 3 heteroatoms. The van der Waals surface area contributed by atoms with Crippen LogP contribution in [0.1, 0.15) is 64.7 Å². The third kappa shape index (κ3) is 10.3. The molecular weight excluding hydrogens is 228 g/mol. The second kappa shape index (κ2) is 12.6. The molecule has 0 radical (unpaired) electrons. The second-order valence-electron chi connectivity index (χ2n) is 4.82. The van der Waals surface area contributed by atoms with Crippen molar-refractivity contribution in [2.75, 3.05) is 6.61 Å². The van der Waals surface area contributed by atoms with Crippen LogP contribution in [0, 0.1) is 5.92 Å². The van der Waals surface area contributed by atoms with Crippen molar-refractivity contribution in [2.45, 2.75) is 64.7 Å². The van der Waals surface area contributed by atoms with Crippen molar-refractivity contribution in [1.82, 2.24) is 0 Å². The molecule has 0 fully saturated rings. The van der Waals surface area contributed by atoms with E-state index in [1.54, 1.807) is 0 Å². The minimum Gasteiger partial charge on any atom is -0.481 e. The van der Waals surface area contributed by atoms with Gasteiger partial charge >= 0.3 is 5.97 Å². The van der Waals surface area contributed by atoms with E-state index in [9.17, 15) is 4.79 Å². The molecule has 0 amide bonds. The van der Waals surface area contributed by atoms with Crippen molar-refractivity contribution in [3.63, 3.8) is 0 Å². The van der Waals surface area contributed by atoms with Crippen LogP contribution < -0.4 is 0 Å². The van der Waals surface area contributed by atoms with Gasteiger partial charge in [0.2, 0.25) is 0 Å². The van der Waals surface area contributed by atoms with Gasteiger partial charge in [-0.2, -0.15) is 0 Å². The van der Waals surface area contributed by atoms with Gasteiger partial charge in [-0.05, 0) is 25.7 Å². The summed E-state index contributed by atoms with van der Waals surface area (Å²) in [5, 5.41) is 17.6. The van der Waals surface area contributed by atoms with Gasteiger partial charge in [0.05, 0.1) is 12.5 Å². The average Bonchev–Trinajstić information content (AvgIpc) is 2.35. The van der Waals surface area contributed by atoms with E-state index in [-0.39, 0.29) is 6.61 Å². The van der Waals surface area contributed by atoms with Crippen LogP contribution in [-0.2, 0) is 4.79 Å². The van der Waals surface area contributed by atoms with E-state index in [2.05, 4.69) is 13.0 Å². The van der Waals surface area contributed by atoms with Crippen LogP contribution in [0.3, 0.4) is 0 Å². The fourth-order valence-corrected chi connectivity index (χ4v) is 1.87. The number of aliphatic hydroxyl groups is 1. The van der Waals surface area contributed by atoms with E-state index in [4.69, 9.17) is 10.2 Å². The molecule has 2 N–H and O–H groups in total. The summed E-state index contributed by atoms with van der Waals surface area (Å²) in [5.74, 6) is -1.51. The summed E-state index contributed by atoms with van der Waals surface area (Å²) >= 11 is 0. The maximum atomic E-state index is 10.6. The molecule has 1 unspecified atom stereocenters. The first-order chi connectivity index (χ1) is 8.72. The number of aliphatic hydroxyl groups excluding tert-OH is 1. The van der Waals surface area contributed by atoms with E-state index >= 15 is 0 Å². The summed E-state index contributed by atoms with van der Waals surface area (Å²) in [4.78, 5) is 10.6. The lowest BCUT2D eigenvalue weighted by Gasteiger charge is -2.05. The zero-order valence-electron chi connectivity index (χ0n) is 11.6. The Morgan fingerprint density at radius 2 is 1.67 bits per heavy atom. The van der Waals surface area contributed by atoms with Crippen LogP contribution in [0.5, 0.6) is 0 Å². The Balaban J connectivity index is 3.35. The van der Waals surface area contributed by atoms with Crippen molar-refractivity contribution < 1.29 is 15.0 Å². The number of unbranched alkanes of at least 4 members (excludes halogenated alkanes) is 6. The van der Waals surface area contributed by atoms with Crippen molar-refractivity contribution in [1.29, 1.82) is 0 Å². The molecule has 3 nitrogen and oxygen atoms in total. The predicted octanol–water partition coefficient (Wildman–Crippen LogP) is 3.77. The van der Waals surface area contributed by atoms with E-state index in [0.29, 0.717) is 6.42 Å². The first-order valence-corrected chi connectivity index (χ1v) is 7.21. The summed E-state index contributed by atoms with van der Waals surface area (Å²) in [6, 6.07) is 0. The number of carboxylic acids is 1. The molecule has 0 aliphatic rings. The third-order valence-corrected chi connectivity index (χ3v) is 3.14. The van der Waals surface area contributed by atoms with Gasteiger partial charge in [-0.3, -0.25) is 4.79 Å². The second-order valence-corrected chi connectivity index (χ2v) is 4.82. The summed E-state index contributed by atoms with van der Waals surface area (Å²) in [5.41, 5.74) is 0. The molecule has 0 aromatic rings. The van der Waals surface area contributed by atoms with Crippen molar-refractivity contribution >= 4 is 5.97 Å². The monoisotopic (exact) mass is 256 g/mol. The van der Waals surface area contributed by atoms with Crippen LogP contribution in [-0.4, -0.2) is 22.8 Å². The van der Waals surface area contributed by atoms with Crippen LogP contribution in [0.25, 0.3) is 0 Å². The Kier molecular flexibility index (Phi) is 12.0. The molecule has 0 spiro atoms. The molecular formula is C15H28O3. The molecule has 106 valence electrons. The van der Waals surface area contributed by atoms with Gasteiger partial charge in [-0.1, -0.05) is 51.2 Å². The maximum absolute atomic E-state index is 10.6. The van der Waals surface area contributed by atoms with E-state index in [1.807, 2.05) is 6.08 Å². The van der Waals surface area contributed by atoms with Crippen molar-refractivity contribution in [3.8, 4) is 0 Å². The standard InChI is InChI=1S/C15H28O3/c1-2-3-4-5-6-7-8-9-10-11-12-14(13-16)15(17)18/h9-10,14,16H,2-8,11-13H2,1H3,(H,17,18). The molecule has 0 saturated carbocycles. The number of hydrogen-bond acceptors (Lipinski definition) is 2. The molecule has 0 aliphatic heterocycles. The van der Waals surface area contributed by atoms with Gasteiger partial charge in [-0.15, -0.1) is 0 Å². The fourth-order valence-electron chi connectivity index (χ4n) is 1.87. The summed E-state index contributed by atoms with van der Waals surface area (Å²) in [7, 11) is 0. The number of carboxylic acid groups (broad SMARTS) is 1. The van der Waals surface area contributed by atoms with Crippen LogP contribution in [0.15, 0.2) is 12.2 Å². The lowest BCUT2D eigenvalue weighted by molar-refractivity contribution is -0.143. The molecule has 0 aromatic carbocycles. The SMILES string of the molecule is CCCCCCCCC=CCCC(CO)C(=O)O. The minimum atomic E-state index is -0.901. The van der Waals surface area contributed by atoms with Crippen molar-refractivity contribution in [3.05, 3.63) is 12.2 Å². The Morgan fingerprint density at radius 1 is 1.06 bits per heavy atom.